The zero-order chi connectivity index (χ0) is 19.5. The fourth-order valence-corrected chi connectivity index (χ4v) is 6.21. The first-order valence-corrected chi connectivity index (χ1v) is 11.7. The number of carbonyl (C=O) groups is 1. The van der Waals surface area contributed by atoms with Gasteiger partial charge in [-0.05, 0) is 43.7 Å². The lowest BCUT2D eigenvalue weighted by Crippen LogP contribution is -2.55. The maximum absolute atomic E-state index is 11.9. The number of nitrogens with zero attached hydrogens (tertiary/aromatic N) is 1. The number of benzene rings is 1. The number of aliphatic hydroxyl groups excluding tert-OH is 1. The van der Waals surface area contributed by atoms with Crippen LogP contribution in [0.3, 0.4) is 0 Å². The molecule has 154 valence electrons. The van der Waals surface area contributed by atoms with E-state index in [0.717, 1.165) is 30.6 Å². The van der Waals surface area contributed by atoms with Gasteiger partial charge in [-0.25, -0.2) is 4.79 Å². The molecule has 3 fully saturated rings. The number of alkyl carbamates (subject to hydrolysis) is 1. The van der Waals surface area contributed by atoms with Crippen LogP contribution in [0.1, 0.15) is 39.0 Å². The predicted molar refractivity (Wildman–Crippen MR) is 111 cm³/mol. The van der Waals surface area contributed by atoms with Gasteiger partial charge in [0.25, 0.3) is 0 Å². The molecule has 2 N–H and O–H groups in total. The van der Waals surface area contributed by atoms with Gasteiger partial charge in [0.2, 0.25) is 0 Å². The zero-order valence-electron chi connectivity index (χ0n) is 16.6. The molecule has 0 spiro atoms. The highest BCUT2D eigenvalue weighted by Crippen LogP contribution is 2.39. The topological polar surface area (TPSA) is 61.8 Å². The molecule has 0 aromatic heterocycles. The Morgan fingerprint density at radius 1 is 1.25 bits per heavy atom. The Labute approximate surface area is 172 Å². The van der Waals surface area contributed by atoms with Crippen LogP contribution in [-0.4, -0.2) is 59.2 Å². The Morgan fingerprint density at radius 2 is 2.00 bits per heavy atom. The lowest BCUT2D eigenvalue weighted by Gasteiger charge is -2.48. The molecule has 3 aliphatic rings. The minimum absolute atomic E-state index is 0.00330. The molecule has 1 aliphatic carbocycles. The van der Waals surface area contributed by atoms with Crippen LogP contribution >= 0.6 is 11.8 Å². The monoisotopic (exact) mass is 404 g/mol. The molecule has 6 atom stereocenters. The zero-order valence-corrected chi connectivity index (χ0v) is 17.4. The Hall–Kier alpha value is -1.24. The summed E-state index contributed by atoms with van der Waals surface area (Å²) < 4.78 is 5.64. The van der Waals surface area contributed by atoms with Crippen molar-refractivity contribution < 1.29 is 14.6 Å². The van der Waals surface area contributed by atoms with Gasteiger partial charge >= 0.3 is 6.09 Å². The maximum Gasteiger partial charge on any atom is 0.407 e. The van der Waals surface area contributed by atoms with Crippen molar-refractivity contribution in [3.63, 3.8) is 0 Å². The van der Waals surface area contributed by atoms with Gasteiger partial charge in [0.1, 0.15) is 6.10 Å². The number of nitrogens with one attached hydrogen (secondary N) is 1. The van der Waals surface area contributed by atoms with E-state index in [1.54, 1.807) is 11.8 Å². The lowest BCUT2D eigenvalue weighted by molar-refractivity contribution is -0.0369. The molecule has 28 heavy (non-hydrogen) atoms. The second kappa shape index (κ2) is 9.06. The molecule has 1 saturated carbocycles. The highest BCUT2D eigenvalue weighted by atomic mass is 32.2. The summed E-state index contributed by atoms with van der Waals surface area (Å²) >= 11 is 1.75. The van der Waals surface area contributed by atoms with E-state index in [0.29, 0.717) is 6.54 Å². The standard InChI is InChI=1S/C22H32N2O3S/c1-15(25)20-11-16-7-5-6-8-17(16)12-24(20)13-21-19(23-22(26)27-21)14-28-18-9-3-2-4-10-18/h2-4,9-10,15-17,19-21,25H,5-8,11-14H2,1H3,(H,23,26)/t15-,16-,17+,19-,20-,21+/m0/s1. The summed E-state index contributed by atoms with van der Waals surface area (Å²) in [6.07, 6.45) is 5.49. The number of cyclic esters (lactones) is 1. The highest BCUT2D eigenvalue weighted by Gasteiger charge is 2.42. The van der Waals surface area contributed by atoms with Crippen LogP contribution in [0.15, 0.2) is 35.2 Å². The number of aliphatic hydroxyl groups is 1. The van der Waals surface area contributed by atoms with E-state index in [1.165, 1.54) is 30.6 Å². The molecule has 1 aromatic carbocycles. The number of rotatable bonds is 6. The predicted octanol–water partition coefficient (Wildman–Crippen LogP) is 3.52. The highest BCUT2D eigenvalue weighted by molar-refractivity contribution is 7.99. The summed E-state index contributed by atoms with van der Waals surface area (Å²) in [5.74, 6) is 2.27. The van der Waals surface area contributed by atoms with E-state index in [9.17, 15) is 9.90 Å². The summed E-state index contributed by atoms with van der Waals surface area (Å²) in [6, 6.07) is 10.4. The van der Waals surface area contributed by atoms with Crippen LogP contribution in [0.25, 0.3) is 0 Å². The number of fused-ring (bicyclic) bond motifs is 1. The number of thioether (sulfide) groups is 1. The van der Waals surface area contributed by atoms with E-state index in [1.807, 2.05) is 25.1 Å². The molecule has 0 unspecified atom stereocenters. The van der Waals surface area contributed by atoms with Gasteiger partial charge in [-0.2, -0.15) is 0 Å². The Balaban J connectivity index is 1.40. The van der Waals surface area contributed by atoms with E-state index in [4.69, 9.17) is 4.74 Å². The van der Waals surface area contributed by atoms with Gasteiger partial charge in [0.15, 0.2) is 0 Å². The van der Waals surface area contributed by atoms with Gasteiger partial charge in [-0.3, -0.25) is 4.90 Å². The van der Waals surface area contributed by atoms with Crippen molar-refractivity contribution in [2.24, 2.45) is 11.8 Å². The van der Waals surface area contributed by atoms with E-state index in [2.05, 4.69) is 22.3 Å². The van der Waals surface area contributed by atoms with Crippen molar-refractivity contribution in [2.45, 2.75) is 68.2 Å². The first-order valence-electron chi connectivity index (χ1n) is 10.7. The van der Waals surface area contributed by atoms with E-state index < -0.39 is 0 Å². The number of ether oxygens (including phenoxy) is 1. The van der Waals surface area contributed by atoms with Crippen LogP contribution in [-0.2, 0) is 4.74 Å². The van der Waals surface area contributed by atoms with Crippen LogP contribution < -0.4 is 5.32 Å². The minimum atomic E-state index is -0.356. The minimum Gasteiger partial charge on any atom is -0.443 e. The van der Waals surface area contributed by atoms with E-state index in [-0.39, 0.29) is 30.4 Å². The number of piperidine rings is 1. The third-order valence-corrected chi connectivity index (χ3v) is 7.83. The molecule has 1 aromatic rings. The molecule has 4 rings (SSSR count). The third-order valence-electron chi connectivity index (χ3n) is 6.70. The summed E-state index contributed by atoms with van der Waals surface area (Å²) in [4.78, 5) is 15.6. The average Bonchev–Trinajstić information content (AvgIpc) is 3.05. The number of hydrogen-bond donors (Lipinski definition) is 2. The third kappa shape index (κ3) is 4.66. The molecule has 2 saturated heterocycles. The molecule has 1 amide bonds. The number of likely N-dealkylation sites (tertiary alicyclic amines) is 1. The molecule has 0 radical (unpaired) electrons. The second-order valence-electron chi connectivity index (χ2n) is 8.62. The fourth-order valence-electron chi connectivity index (χ4n) is 5.19. The molecule has 5 nitrogen and oxygen atoms in total. The van der Waals surface area contributed by atoms with Crippen LogP contribution in [0.4, 0.5) is 4.79 Å². The van der Waals surface area contributed by atoms with Crippen LogP contribution in [0.5, 0.6) is 0 Å². The molecule has 0 bridgehead atoms. The molecular formula is C22H32N2O3S. The molecule has 2 aliphatic heterocycles. The SMILES string of the molecule is C[C@H](O)[C@@H]1C[C@@H]2CCCC[C@@H]2CN1C[C@H]1OC(=O)N[C@H]1CSc1ccccc1. The van der Waals surface area contributed by atoms with Crippen molar-refractivity contribution in [1.82, 2.24) is 10.2 Å². The Morgan fingerprint density at radius 3 is 2.75 bits per heavy atom. The first-order chi connectivity index (χ1) is 13.6. The average molecular weight is 405 g/mol. The second-order valence-corrected chi connectivity index (χ2v) is 9.71. The molecular weight excluding hydrogens is 372 g/mol. The summed E-state index contributed by atoms with van der Waals surface area (Å²) in [6.45, 7) is 3.63. The van der Waals surface area contributed by atoms with Gasteiger partial charge < -0.3 is 15.2 Å². The maximum atomic E-state index is 11.9. The van der Waals surface area contributed by atoms with E-state index >= 15 is 0 Å². The van der Waals surface area contributed by atoms with Crippen LogP contribution in [0, 0.1) is 11.8 Å². The van der Waals surface area contributed by atoms with Crippen molar-refractivity contribution >= 4 is 17.9 Å². The van der Waals surface area contributed by atoms with Gasteiger partial charge in [0.05, 0.1) is 12.1 Å². The normalized spacial score (nSPS) is 34.4. The van der Waals surface area contributed by atoms with Gasteiger partial charge in [-0.15, -0.1) is 11.8 Å². The largest absolute Gasteiger partial charge is 0.443 e. The first kappa shape index (κ1) is 20.0. The van der Waals surface area contributed by atoms with Gasteiger partial charge in [-0.1, -0.05) is 37.5 Å². The summed E-state index contributed by atoms with van der Waals surface area (Å²) in [5, 5.41) is 13.4. The Bertz CT molecular complexity index is 656. The van der Waals surface area contributed by atoms with Crippen molar-refractivity contribution in [3.05, 3.63) is 30.3 Å². The summed E-state index contributed by atoms with van der Waals surface area (Å²) in [5.41, 5.74) is 0. The fraction of sp³-hybridized carbons (Fsp3) is 0.682. The quantitative estimate of drug-likeness (QED) is 0.711. The smallest absolute Gasteiger partial charge is 0.407 e. The van der Waals surface area contributed by atoms with Gasteiger partial charge in [0, 0.05) is 29.8 Å². The van der Waals surface area contributed by atoms with Crippen LogP contribution in [0.2, 0.25) is 0 Å². The molecule has 6 heteroatoms. The lowest BCUT2D eigenvalue weighted by atomic mass is 9.72. The van der Waals surface area contributed by atoms with Crippen molar-refractivity contribution in [2.75, 3.05) is 18.8 Å². The number of hydrogen-bond acceptors (Lipinski definition) is 5. The summed E-state index contributed by atoms with van der Waals surface area (Å²) in [7, 11) is 0. The number of amides is 1. The number of carbonyl (C=O) groups excluding carboxylic acids is 1. The van der Waals surface area contributed by atoms with Crippen molar-refractivity contribution in [1.29, 1.82) is 0 Å². The molecule has 2 heterocycles. The Kier molecular flexibility index (Phi) is 6.48. The van der Waals surface area contributed by atoms with Crippen molar-refractivity contribution in [3.8, 4) is 0 Å².